The smallest absolute Gasteiger partial charge is 0.421 e. The van der Waals surface area contributed by atoms with Crippen LogP contribution in [0.1, 0.15) is 75.5 Å². The van der Waals surface area contributed by atoms with Crippen molar-refractivity contribution >= 4 is 11.8 Å². The molecule has 1 atom stereocenters. The predicted molar refractivity (Wildman–Crippen MR) is 142 cm³/mol. The summed E-state index contributed by atoms with van der Waals surface area (Å²) < 4.78 is 104. The van der Waals surface area contributed by atoms with Gasteiger partial charge in [0, 0.05) is 4.90 Å². The van der Waals surface area contributed by atoms with Gasteiger partial charge in [0.15, 0.2) is 0 Å². The van der Waals surface area contributed by atoms with Crippen molar-refractivity contribution in [3.8, 4) is 11.5 Å². The Balaban J connectivity index is 1.61. The third-order valence-corrected chi connectivity index (χ3v) is 7.51. The van der Waals surface area contributed by atoms with E-state index in [1.807, 2.05) is 12.1 Å². The fourth-order valence-corrected chi connectivity index (χ4v) is 5.59. The summed E-state index contributed by atoms with van der Waals surface area (Å²) in [5.41, 5.74) is -2.49. The standard InChI is InChI=1S/C29H36F6O4S/c1-19(2)36-15-18-39-27-24(28(30,31)32)13-14-25(26(27)29(33,34)35)40-20(3)37-16-17-38-23-11-9-22(10-12-23)21-7-5-4-6-8-21/h9-14,19-21H,4-8,15-18H2,1-3H3. The van der Waals surface area contributed by atoms with Crippen LogP contribution in [-0.4, -0.2) is 38.0 Å². The Hall–Kier alpha value is -2.11. The van der Waals surface area contributed by atoms with Crippen molar-refractivity contribution in [1.29, 1.82) is 0 Å². The first kappa shape index (κ1) is 32.4. The third kappa shape index (κ3) is 9.76. The van der Waals surface area contributed by atoms with Crippen molar-refractivity contribution in [2.45, 2.75) is 87.6 Å². The second kappa shape index (κ2) is 14.7. The van der Waals surface area contributed by atoms with Crippen LogP contribution in [0.25, 0.3) is 0 Å². The largest absolute Gasteiger partial charge is 0.491 e. The summed E-state index contributed by atoms with van der Waals surface area (Å²) in [6.07, 6.45) is -4.22. The van der Waals surface area contributed by atoms with Crippen molar-refractivity contribution in [3.05, 3.63) is 53.1 Å². The SMILES string of the molecule is CC(C)OCCOc1c(C(F)(F)F)ccc(SC(C)OCCOc2ccc(C3CCCCC3)cc2)c1C(F)(F)F. The molecule has 0 amide bonds. The molecular formula is C29H36F6O4S. The summed E-state index contributed by atoms with van der Waals surface area (Å²) >= 11 is 0.662. The summed E-state index contributed by atoms with van der Waals surface area (Å²) in [6, 6.07) is 9.31. The molecule has 2 aromatic carbocycles. The number of hydrogen-bond donors (Lipinski definition) is 0. The van der Waals surface area contributed by atoms with Gasteiger partial charge in [0.1, 0.15) is 35.7 Å². The van der Waals surface area contributed by atoms with Crippen LogP contribution in [0.2, 0.25) is 0 Å². The first-order valence-electron chi connectivity index (χ1n) is 13.4. The molecule has 3 rings (SSSR count). The fraction of sp³-hybridized carbons (Fsp3) is 0.586. The van der Waals surface area contributed by atoms with Gasteiger partial charge in [-0.05, 0) is 69.4 Å². The molecule has 1 aliphatic carbocycles. The molecule has 1 unspecified atom stereocenters. The lowest BCUT2D eigenvalue weighted by Crippen LogP contribution is -2.19. The first-order chi connectivity index (χ1) is 18.9. The molecule has 224 valence electrons. The molecule has 11 heteroatoms. The van der Waals surface area contributed by atoms with Crippen LogP contribution in [0.4, 0.5) is 26.3 Å². The highest BCUT2D eigenvalue weighted by Crippen LogP contribution is 2.49. The highest BCUT2D eigenvalue weighted by molar-refractivity contribution is 7.99. The zero-order valence-corrected chi connectivity index (χ0v) is 23.7. The molecule has 1 saturated carbocycles. The Kier molecular flexibility index (Phi) is 11.9. The van der Waals surface area contributed by atoms with Crippen molar-refractivity contribution in [3.63, 3.8) is 0 Å². The number of thioether (sulfide) groups is 1. The molecular weight excluding hydrogens is 558 g/mol. The highest BCUT2D eigenvalue weighted by Gasteiger charge is 2.44. The molecule has 40 heavy (non-hydrogen) atoms. The topological polar surface area (TPSA) is 36.9 Å². The molecule has 2 aromatic rings. The summed E-state index contributed by atoms with van der Waals surface area (Å²) in [5, 5.41) is 0. The lowest BCUT2D eigenvalue weighted by molar-refractivity contribution is -0.147. The Morgan fingerprint density at radius 1 is 0.750 bits per heavy atom. The Bertz CT molecular complexity index is 1050. The Morgan fingerprint density at radius 3 is 1.98 bits per heavy atom. The molecule has 0 N–H and O–H groups in total. The summed E-state index contributed by atoms with van der Waals surface area (Å²) in [4.78, 5) is -0.424. The quantitative estimate of drug-likeness (QED) is 0.100. The van der Waals surface area contributed by atoms with E-state index in [0.717, 1.165) is 6.07 Å². The third-order valence-electron chi connectivity index (χ3n) is 6.44. The molecule has 1 aliphatic rings. The van der Waals surface area contributed by atoms with Gasteiger partial charge in [0.25, 0.3) is 0 Å². The molecule has 4 nitrogen and oxygen atoms in total. The van der Waals surface area contributed by atoms with E-state index in [4.69, 9.17) is 18.9 Å². The first-order valence-corrected chi connectivity index (χ1v) is 14.3. The molecule has 0 aromatic heterocycles. The van der Waals surface area contributed by atoms with Crippen molar-refractivity contribution < 1.29 is 45.3 Å². The summed E-state index contributed by atoms with van der Waals surface area (Å²) in [5.74, 6) is -0.0200. The minimum absolute atomic E-state index is 0.0798. The van der Waals surface area contributed by atoms with Crippen molar-refractivity contribution in [1.82, 2.24) is 0 Å². The molecule has 1 fully saturated rings. The average molecular weight is 595 g/mol. The van der Waals surface area contributed by atoms with Gasteiger partial charge in [0.2, 0.25) is 0 Å². The second-order valence-corrected chi connectivity index (χ2v) is 11.2. The number of halogens is 6. The van der Waals surface area contributed by atoms with E-state index in [2.05, 4.69) is 12.1 Å². The Morgan fingerprint density at radius 2 is 1.38 bits per heavy atom. The second-order valence-electron chi connectivity index (χ2n) is 9.89. The van der Waals surface area contributed by atoms with Crippen LogP contribution in [0.15, 0.2) is 41.3 Å². The van der Waals surface area contributed by atoms with Gasteiger partial charge in [-0.1, -0.05) is 43.2 Å². The van der Waals surface area contributed by atoms with Crippen LogP contribution in [0, 0.1) is 0 Å². The molecule has 0 heterocycles. The minimum Gasteiger partial charge on any atom is -0.491 e. The van der Waals surface area contributed by atoms with E-state index in [1.165, 1.54) is 44.6 Å². The Labute approximate surface area is 235 Å². The van der Waals surface area contributed by atoms with Crippen LogP contribution >= 0.6 is 11.8 Å². The van der Waals surface area contributed by atoms with E-state index in [1.54, 1.807) is 13.8 Å². The van der Waals surface area contributed by atoms with Gasteiger partial charge in [-0.3, -0.25) is 0 Å². The lowest BCUT2D eigenvalue weighted by atomic mass is 9.84. The van der Waals surface area contributed by atoms with E-state index in [-0.39, 0.29) is 25.9 Å². The van der Waals surface area contributed by atoms with Crippen LogP contribution in [-0.2, 0) is 21.8 Å². The summed E-state index contributed by atoms with van der Waals surface area (Å²) in [6.45, 7) is 4.53. The monoisotopic (exact) mass is 594 g/mol. The zero-order chi connectivity index (χ0) is 29.3. The lowest BCUT2D eigenvalue weighted by Gasteiger charge is -2.23. The van der Waals surface area contributed by atoms with Crippen LogP contribution in [0.5, 0.6) is 11.5 Å². The van der Waals surface area contributed by atoms with Crippen LogP contribution < -0.4 is 9.47 Å². The van der Waals surface area contributed by atoms with Gasteiger partial charge < -0.3 is 18.9 Å². The van der Waals surface area contributed by atoms with E-state index in [9.17, 15) is 26.3 Å². The number of rotatable bonds is 13. The van der Waals surface area contributed by atoms with Crippen molar-refractivity contribution in [2.24, 2.45) is 0 Å². The predicted octanol–water partition coefficient (Wildman–Crippen LogP) is 9.11. The van der Waals surface area contributed by atoms with Gasteiger partial charge >= 0.3 is 12.4 Å². The molecule has 0 spiro atoms. The minimum atomic E-state index is -5.09. The maximum atomic E-state index is 14.1. The van der Waals surface area contributed by atoms with Crippen molar-refractivity contribution in [2.75, 3.05) is 26.4 Å². The average Bonchev–Trinajstić information content (AvgIpc) is 2.88. The van der Waals surface area contributed by atoms with Gasteiger partial charge in [-0.2, -0.15) is 26.3 Å². The molecule has 0 bridgehead atoms. The maximum Gasteiger partial charge on any atom is 0.421 e. The van der Waals surface area contributed by atoms with Gasteiger partial charge in [0.05, 0.1) is 24.9 Å². The fourth-order valence-electron chi connectivity index (χ4n) is 4.59. The van der Waals surface area contributed by atoms with E-state index < -0.39 is 46.2 Å². The normalized spacial score (nSPS) is 15.8. The van der Waals surface area contributed by atoms with Gasteiger partial charge in [-0.25, -0.2) is 0 Å². The van der Waals surface area contributed by atoms with E-state index >= 15 is 0 Å². The number of hydrogen-bond acceptors (Lipinski definition) is 5. The van der Waals surface area contributed by atoms with Gasteiger partial charge in [-0.15, -0.1) is 0 Å². The highest BCUT2D eigenvalue weighted by atomic mass is 32.2. The van der Waals surface area contributed by atoms with E-state index in [0.29, 0.717) is 29.5 Å². The molecule has 0 aliphatic heterocycles. The van der Waals surface area contributed by atoms with Crippen LogP contribution in [0.3, 0.4) is 0 Å². The molecule has 0 saturated heterocycles. The zero-order valence-electron chi connectivity index (χ0n) is 22.9. The number of benzene rings is 2. The maximum absolute atomic E-state index is 14.1. The summed E-state index contributed by atoms with van der Waals surface area (Å²) in [7, 11) is 0. The number of alkyl halides is 6. The number of ether oxygens (including phenoxy) is 4. The molecule has 0 radical (unpaired) electrons.